The maximum Gasteiger partial charge on any atom is 0.267 e. The van der Waals surface area contributed by atoms with Crippen molar-refractivity contribution in [3.63, 3.8) is 0 Å². The van der Waals surface area contributed by atoms with E-state index in [1.54, 1.807) is 12.1 Å². The van der Waals surface area contributed by atoms with Crippen LogP contribution in [0.1, 0.15) is 19.3 Å². The number of nitrogens with zero attached hydrogens (tertiary/aromatic N) is 1. The molecule has 4 rings (SSSR count). The molecule has 1 fully saturated rings. The predicted octanol–water partition coefficient (Wildman–Crippen LogP) is 3.67. The number of likely N-dealkylation sites (tertiary alicyclic amines) is 1. The minimum absolute atomic E-state index is 0.0102. The Bertz CT molecular complexity index is 820. The average Bonchev–Trinajstić information content (AvgIpc) is 2.73. The molecule has 2 aliphatic rings. The molecule has 0 radical (unpaired) electrons. The first-order valence-corrected chi connectivity index (χ1v) is 9.74. The molecule has 1 saturated heterocycles. The van der Waals surface area contributed by atoms with Crippen LogP contribution in [0.15, 0.2) is 48.5 Å². The van der Waals surface area contributed by atoms with Crippen molar-refractivity contribution in [3.05, 3.63) is 54.3 Å². The van der Waals surface area contributed by atoms with E-state index in [0.717, 1.165) is 19.3 Å². The van der Waals surface area contributed by atoms with Gasteiger partial charge in [0.2, 0.25) is 6.10 Å². The number of hydrogen-bond donors (Lipinski definition) is 0. The van der Waals surface area contributed by atoms with Gasteiger partial charge in [0.05, 0.1) is 6.61 Å². The normalized spacial score (nSPS) is 19.3. The van der Waals surface area contributed by atoms with Crippen molar-refractivity contribution in [3.8, 4) is 17.2 Å². The largest absolute Gasteiger partial charge is 0.493 e. The van der Waals surface area contributed by atoms with Crippen LogP contribution >= 0.6 is 0 Å². The predicted molar refractivity (Wildman–Crippen MR) is 102 cm³/mol. The molecule has 148 valence electrons. The first-order chi connectivity index (χ1) is 13.7. The number of halogens is 1. The summed E-state index contributed by atoms with van der Waals surface area (Å²) in [5.74, 6) is 2.06. The number of carbonyl (C=O) groups is 1. The lowest BCUT2D eigenvalue weighted by Gasteiger charge is -2.35. The number of amides is 1. The fraction of sp³-hybridized carbons (Fsp3) is 0.409. The maximum absolute atomic E-state index is 13.2. The molecule has 6 heteroatoms. The number of ether oxygens (including phenoxy) is 3. The quantitative estimate of drug-likeness (QED) is 0.788. The van der Waals surface area contributed by atoms with Crippen LogP contribution in [0, 0.1) is 11.7 Å². The van der Waals surface area contributed by atoms with Crippen LogP contribution in [0.2, 0.25) is 0 Å². The van der Waals surface area contributed by atoms with Gasteiger partial charge in [0.15, 0.2) is 11.5 Å². The van der Waals surface area contributed by atoms with Gasteiger partial charge in [0.25, 0.3) is 5.91 Å². The van der Waals surface area contributed by atoms with Crippen LogP contribution in [-0.4, -0.2) is 43.2 Å². The molecule has 1 atom stereocenters. The highest BCUT2D eigenvalue weighted by atomic mass is 19.1. The van der Waals surface area contributed by atoms with E-state index in [0.29, 0.717) is 42.9 Å². The minimum Gasteiger partial charge on any atom is -0.493 e. The Hall–Kier alpha value is -2.76. The van der Waals surface area contributed by atoms with Gasteiger partial charge in [-0.05, 0) is 49.4 Å². The summed E-state index contributed by atoms with van der Waals surface area (Å²) in [6, 6.07) is 13.6. The van der Waals surface area contributed by atoms with Gasteiger partial charge >= 0.3 is 0 Å². The van der Waals surface area contributed by atoms with Gasteiger partial charge in [-0.25, -0.2) is 4.39 Å². The Labute approximate surface area is 164 Å². The molecule has 0 unspecified atom stereocenters. The second-order valence-electron chi connectivity index (χ2n) is 7.23. The van der Waals surface area contributed by atoms with E-state index in [9.17, 15) is 9.18 Å². The average molecular weight is 385 g/mol. The summed E-state index contributed by atoms with van der Waals surface area (Å²) in [5.41, 5.74) is 0. The van der Waals surface area contributed by atoms with Gasteiger partial charge < -0.3 is 19.1 Å². The van der Waals surface area contributed by atoms with Crippen molar-refractivity contribution >= 4 is 5.91 Å². The van der Waals surface area contributed by atoms with E-state index in [2.05, 4.69) is 0 Å². The first-order valence-electron chi connectivity index (χ1n) is 9.74. The molecule has 0 saturated carbocycles. The highest BCUT2D eigenvalue weighted by molar-refractivity contribution is 5.82. The van der Waals surface area contributed by atoms with Crippen LogP contribution in [0.4, 0.5) is 4.39 Å². The molecule has 2 aromatic rings. The fourth-order valence-electron chi connectivity index (χ4n) is 3.69. The summed E-state index contributed by atoms with van der Waals surface area (Å²) < 4.78 is 30.3. The second kappa shape index (κ2) is 8.50. The number of fused-ring (bicyclic) bond motifs is 1. The summed E-state index contributed by atoms with van der Waals surface area (Å²) >= 11 is 0. The lowest BCUT2D eigenvalue weighted by atomic mass is 9.93. The van der Waals surface area contributed by atoms with Crippen LogP contribution in [0.3, 0.4) is 0 Å². The Kier molecular flexibility index (Phi) is 5.65. The highest BCUT2D eigenvalue weighted by Gasteiger charge is 2.33. The third-order valence-corrected chi connectivity index (χ3v) is 5.30. The third-order valence-electron chi connectivity index (χ3n) is 5.30. The molecule has 0 aliphatic carbocycles. The van der Waals surface area contributed by atoms with E-state index < -0.39 is 6.10 Å². The molecule has 0 aromatic heterocycles. The zero-order valence-corrected chi connectivity index (χ0v) is 15.7. The van der Waals surface area contributed by atoms with Gasteiger partial charge in [-0.2, -0.15) is 0 Å². The number of hydrogen-bond acceptors (Lipinski definition) is 4. The van der Waals surface area contributed by atoms with E-state index >= 15 is 0 Å². The molecule has 28 heavy (non-hydrogen) atoms. The maximum atomic E-state index is 13.2. The standard InChI is InChI=1S/C22H24FNO4/c23-17-4-3-5-18(14-17)26-13-10-16-8-11-24(12-9-16)22(25)21-15-27-19-6-1-2-7-20(19)28-21/h1-7,14,16,21H,8-13,15H2/t21-/m1/s1. The van der Waals surface area contributed by atoms with Crippen LogP contribution in [0.5, 0.6) is 17.2 Å². The van der Waals surface area contributed by atoms with E-state index in [1.165, 1.54) is 12.1 Å². The number of para-hydroxylation sites is 2. The molecule has 2 aliphatic heterocycles. The third kappa shape index (κ3) is 4.38. The van der Waals surface area contributed by atoms with Crippen LogP contribution in [-0.2, 0) is 4.79 Å². The summed E-state index contributed by atoms with van der Waals surface area (Å²) in [5, 5.41) is 0. The van der Waals surface area contributed by atoms with Gasteiger partial charge in [0.1, 0.15) is 18.2 Å². The summed E-state index contributed by atoms with van der Waals surface area (Å²) in [6.07, 6.45) is 2.18. The van der Waals surface area contributed by atoms with E-state index in [4.69, 9.17) is 14.2 Å². The zero-order chi connectivity index (χ0) is 19.3. The van der Waals surface area contributed by atoms with E-state index in [-0.39, 0.29) is 18.3 Å². The smallest absolute Gasteiger partial charge is 0.267 e. The Morgan fingerprint density at radius 1 is 1.11 bits per heavy atom. The number of rotatable bonds is 5. The van der Waals surface area contributed by atoms with Gasteiger partial charge in [0, 0.05) is 19.2 Å². The van der Waals surface area contributed by atoms with Crippen molar-refractivity contribution in [2.24, 2.45) is 5.92 Å². The molecule has 1 amide bonds. The molecular weight excluding hydrogens is 361 g/mol. The van der Waals surface area contributed by atoms with Crippen LogP contribution < -0.4 is 14.2 Å². The molecule has 5 nitrogen and oxygen atoms in total. The summed E-state index contributed by atoms with van der Waals surface area (Å²) in [6.45, 7) is 2.23. The molecule has 0 bridgehead atoms. The second-order valence-corrected chi connectivity index (χ2v) is 7.23. The molecular formula is C22H24FNO4. The Balaban J connectivity index is 1.21. The summed E-state index contributed by atoms with van der Waals surface area (Å²) in [7, 11) is 0. The number of carbonyl (C=O) groups excluding carboxylic acids is 1. The number of benzene rings is 2. The molecule has 2 heterocycles. The fourth-order valence-corrected chi connectivity index (χ4v) is 3.69. The van der Waals surface area contributed by atoms with Gasteiger partial charge in [-0.15, -0.1) is 0 Å². The van der Waals surface area contributed by atoms with Crippen molar-refractivity contribution in [1.82, 2.24) is 4.90 Å². The Morgan fingerprint density at radius 3 is 2.68 bits per heavy atom. The number of piperidine rings is 1. The van der Waals surface area contributed by atoms with Crippen molar-refractivity contribution < 1.29 is 23.4 Å². The molecule has 0 N–H and O–H groups in total. The zero-order valence-electron chi connectivity index (χ0n) is 15.7. The van der Waals surface area contributed by atoms with Crippen molar-refractivity contribution in [1.29, 1.82) is 0 Å². The first kappa shape index (κ1) is 18.6. The van der Waals surface area contributed by atoms with Crippen molar-refractivity contribution in [2.45, 2.75) is 25.4 Å². The van der Waals surface area contributed by atoms with E-state index in [1.807, 2.05) is 29.2 Å². The van der Waals surface area contributed by atoms with Gasteiger partial charge in [-0.1, -0.05) is 18.2 Å². The monoisotopic (exact) mass is 385 g/mol. The molecule has 2 aromatic carbocycles. The van der Waals surface area contributed by atoms with Gasteiger partial charge in [-0.3, -0.25) is 4.79 Å². The lowest BCUT2D eigenvalue weighted by Crippen LogP contribution is -2.49. The molecule has 0 spiro atoms. The Morgan fingerprint density at radius 2 is 1.89 bits per heavy atom. The SMILES string of the molecule is O=C([C@H]1COc2ccccc2O1)N1CCC(CCOc2cccc(F)c2)CC1. The lowest BCUT2D eigenvalue weighted by molar-refractivity contribution is -0.142. The topological polar surface area (TPSA) is 48.0 Å². The minimum atomic E-state index is -0.581. The summed E-state index contributed by atoms with van der Waals surface area (Å²) in [4.78, 5) is 14.6. The van der Waals surface area contributed by atoms with Crippen molar-refractivity contribution in [2.75, 3.05) is 26.3 Å². The van der Waals surface area contributed by atoms with Crippen LogP contribution in [0.25, 0.3) is 0 Å². The highest BCUT2D eigenvalue weighted by Crippen LogP contribution is 2.32.